The lowest BCUT2D eigenvalue weighted by Gasteiger charge is -2.24. The van der Waals surface area contributed by atoms with Crippen LogP contribution in [0.4, 0.5) is 5.69 Å². The first kappa shape index (κ1) is 20.8. The van der Waals surface area contributed by atoms with Gasteiger partial charge in [0.1, 0.15) is 0 Å². The van der Waals surface area contributed by atoms with E-state index in [2.05, 4.69) is 11.4 Å². The Morgan fingerprint density at radius 2 is 2.08 bits per heavy atom. The van der Waals surface area contributed by atoms with Crippen molar-refractivity contribution in [1.29, 1.82) is 0 Å². The molecule has 1 amide bonds. The number of hydrogen-bond acceptors (Lipinski definition) is 3. The summed E-state index contributed by atoms with van der Waals surface area (Å²) in [5.74, 6) is -0.144. The van der Waals surface area contributed by atoms with Crippen LogP contribution >= 0.6 is 11.6 Å². The first-order valence-corrected chi connectivity index (χ1v) is 11.2. The Morgan fingerprint density at radius 1 is 1.31 bits per heavy atom. The van der Waals surface area contributed by atoms with Gasteiger partial charge in [-0.25, -0.2) is 8.42 Å². The van der Waals surface area contributed by atoms with E-state index in [1.54, 1.807) is 25.1 Å². The monoisotopic (exact) mass is 398 g/mol. The molecule has 0 bridgehead atoms. The van der Waals surface area contributed by atoms with Gasteiger partial charge in [0.25, 0.3) is 0 Å². The molecule has 0 atom stereocenters. The molecule has 0 radical (unpaired) electrons. The molecule has 0 heterocycles. The van der Waals surface area contributed by atoms with Crippen LogP contribution < -0.4 is 9.62 Å². The van der Waals surface area contributed by atoms with Crippen molar-refractivity contribution in [3.63, 3.8) is 0 Å². The molecule has 1 aromatic carbocycles. The lowest BCUT2D eigenvalue weighted by molar-refractivity contribution is -0.120. The smallest absolute Gasteiger partial charge is 0.232 e. The standard InChI is InChI=1S/C19H27ClN2O3S/c1-15-17(20)9-6-10-18(15)22(26(2,24)25)14-12-19(23)21-13-11-16-7-4-3-5-8-16/h6-7,9-10H,3-5,8,11-14H2,1-2H3,(H,21,23). The van der Waals surface area contributed by atoms with Crippen molar-refractivity contribution >= 4 is 33.2 Å². The predicted molar refractivity (Wildman–Crippen MR) is 107 cm³/mol. The van der Waals surface area contributed by atoms with Crippen LogP contribution in [-0.2, 0) is 14.8 Å². The first-order valence-electron chi connectivity index (χ1n) is 8.96. The Morgan fingerprint density at radius 3 is 2.73 bits per heavy atom. The number of nitrogens with zero attached hydrogens (tertiary/aromatic N) is 1. The summed E-state index contributed by atoms with van der Waals surface area (Å²) in [6.07, 6.45) is 9.11. The summed E-state index contributed by atoms with van der Waals surface area (Å²) in [5.41, 5.74) is 2.60. The summed E-state index contributed by atoms with van der Waals surface area (Å²) in [5, 5.41) is 3.39. The number of halogens is 1. The van der Waals surface area contributed by atoms with Crippen LogP contribution in [0.2, 0.25) is 5.02 Å². The molecule has 0 saturated carbocycles. The molecule has 0 spiro atoms. The molecule has 1 aromatic rings. The molecule has 1 aliphatic carbocycles. The van der Waals surface area contributed by atoms with E-state index >= 15 is 0 Å². The number of carbonyl (C=O) groups is 1. The summed E-state index contributed by atoms with van der Waals surface area (Å²) in [7, 11) is -3.50. The SMILES string of the molecule is Cc1c(Cl)cccc1N(CCC(=O)NCCC1=CCCCC1)S(C)(=O)=O. The quantitative estimate of drug-likeness (QED) is 0.677. The average Bonchev–Trinajstić information content (AvgIpc) is 2.58. The van der Waals surface area contributed by atoms with Crippen molar-refractivity contribution in [3.8, 4) is 0 Å². The van der Waals surface area contributed by atoms with Gasteiger partial charge in [0.2, 0.25) is 15.9 Å². The number of allylic oxidation sites excluding steroid dienone is 1. The van der Waals surface area contributed by atoms with E-state index in [1.807, 2.05) is 0 Å². The number of nitrogens with one attached hydrogen (secondary N) is 1. The van der Waals surface area contributed by atoms with Crippen LogP contribution in [0.5, 0.6) is 0 Å². The van der Waals surface area contributed by atoms with Gasteiger partial charge in [-0.3, -0.25) is 9.10 Å². The second kappa shape index (κ2) is 9.42. The Kier molecular flexibility index (Phi) is 7.53. The van der Waals surface area contributed by atoms with Crippen molar-refractivity contribution in [2.24, 2.45) is 0 Å². The highest BCUT2D eigenvalue weighted by atomic mass is 35.5. The van der Waals surface area contributed by atoms with E-state index in [4.69, 9.17) is 11.6 Å². The molecule has 0 saturated heterocycles. The third kappa shape index (κ3) is 6.02. The Hall–Kier alpha value is -1.53. The fraction of sp³-hybridized carbons (Fsp3) is 0.526. The highest BCUT2D eigenvalue weighted by Gasteiger charge is 2.21. The molecule has 5 nitrogen and oxygen atoms in total. The number of hydrogen-bond donors (Lipinski definition) is 1. The molecule has 0 aromatic heterocycles. The fourth-order valence-corrected chi connectivity index (χ4v) is 4.26. The Bertz CT molecular complexity index is 775. The van der Waals surface area contributed by atoms with Gasteiger partial charge < -0.3 is 5.32 Å². The van der Waals surface area contributed by atoms with Crippen LogP contribution in [0.3, 0.4) is 0 Å². The van der Waals surface area contributed by atoms with Crippen LogP contribution in [0, 0.1) is 6.92 Å². The Balaban J connectivity index is 1.92. The minimum atomic E-state index is -3.50. The zero-order valence-corrected chi connectivity index (χ0v) is 17.0. The molecular weight excluding hydrogens is 372 g/mol. The lowest BCUT2D eigenvalue weighted by atomic mass is 9.97. The van der Waals surface area contributed by atoms with E-state index < -0.39 is 10.0 Å². The number of amides is 1. The predicted octanol–water partition coefficient (Wildman–Crippen LogP) is 3.81. The van der Waals surface area contributed by atoms with Crippen LogP contribution in [0.15, 0.2) is 29.8 Å². The van der Waals surface area contributed by atoms with Crippen molar-refractivity contribution < 1.29 is 13.2 Å². The van der Waals surface area contributed by atoms with Crippen LogP contribution in [0.25, 0.3) is 0 Å². The molecule has 26 heavy (non-hydrogen) atoms. The Labute approximate surface area is 161 Å². The van der Waals surface area contributed by atoms with E-state index in [-0.39, 0.29) is 18.9 Å². The van der Waals surface area contributed by atoms with E-state index in [0.29, 0.717) is 22.8 Å². The number of rotatable bonds is 8. The highest BCUT2D eigenvalue weighted by Crippen LogP contribution is 2.28. The average molecular weight is 399 g/mol. The molecule has 1 aliphatic rings. The van der Waals surface area contributed by atoms with Crippen molar-refractivity contribution in [2.75, 3.05) is 23.7 Å². The fourth-order valence-electron chi connectivity index (χ4n) is 3.12. The summed E-state index contributed by atoms with van der Waals surface area (Å²) in [6, 6.07) is 5.13. The molecule has 7 heteroatoms. The molecule has 0 aliphatic heterocycles. The van der Waals surface area contributed by atoms with Gasteiger partial charge >= 0.3 is 0 Å². The van der Waals surface area contributed by atoms with Gasteiger partial charge in [-0.05, 0) is 56.7 Å². The minimum Gasteiger partial charge on any atom is -0.356 e. The maximum Gasteiger partial charge on any atom is 0.232 e. The van der Waals surface area contributed by atoms with Gasteiger partial charge in [0.15, 0.2) is 0 Å². The molecule has 0 fully saturated rings. The largest absolute Gasteiger partial charge is 0.356 e. The van der Waals surface area contributed by atoms with Gasteiger partial charge in [0.05, 0.1) is 11.9 Å². The van der Waals surface area contributed by atoms with E-state index in [1.165, 1.54) is 22.7 Å². The minimum absolute atomic E-state index is 0.0918. The van der Waals surface area contributed by atoms with Crippen molar-refractivity contribution in [3.05, 3.63) is 40.4 Å². The van der Waals surface area contributed by atoms with Crippen LogP contribution in [0.1, 0.15) is 44.1 Å². The second-order valence-electron chi connectivity index (χ2n) is 6.68. The number of anilines is 1. The second-order valence-corrected chi connectivity index (χ2v) is 8.99. The number of benzene rings is 1. The molecule has 0 unspecified atom stereocenters. The van der Waals surface area contributed by atoms with Gasteiger partial charge in [0, 0.05) is 24.5 Å². The van der Waals surface area contributed by atoms with Gasteiger partial charge in [-0.2, -0.15) is 0 Å². The normalized spacial score (nSPS) is 14.7. The maximum atomic E-state index is 12.2. The maximum absolute atomic E-state index is 12.2. The molecule has 1 N–H and O–H groups in total. The third-order valence-corrected chi connectivity index (χ3v) is 6.19. The summed E-state index contributed by atoms with van der Waals surface area (Å²) >= 11 is 6.11. The van der Waals surface area contributed by atoms with Gasteiger partial charge in [-0.15, -0.1) is 0 Å². The zero-order chi connectivity index (χ0) is 19.2. The summed E-state index contributed by atoms with van der Waals surface area (Å²) in [6.45, 7) is 2.46. The first-order chi connectivity index (χ1) is 12.3. The third-order valence-electron chi connectivity index (χ3n) is 4.60. The summed E-state index contributed by atoms with van der Waals surface area (Å²) in [4.78, 5) is 12.1. The highest BCUT2D eigenvalue weighted by molar-refractivity contribution is 7.92. The molecule has 144 valence electrons. The zero-order valence-electron chi connectivity index (χ0n) is 15.4. The van der Waals surface area contributed by atoms with E-state index in [9.17, 15) is 13.2 Å². The number of carbonyl (C=O) groups excluding carboxylic acids is 1. The van der Waals surface area contributed by atoms with Crippen molar-refractivity contribution in [1.82, 2.24) is 5.32 Å². The molecular formula is C19H27ClN2O3S. The van der Waals surface area contributed by atoms with Gasteiger partial charge in [-0.1, -0.05) is 29.3 Å². The van der Waals surface area contributed by atoms with E-state index in [0.717, 1.165) is 25.5 Å². The lowest BCUT2D eigenvalue weighted by Crippen LogP contribution is -2.35. The number of sulfonamides is 1. The van der Waals surface area contributed by atoms with Crippen molar-refractivity contribution in [2.45, 2.75) is 45.4 Å². The topological polar surface area (TPSA) is 66.5 Å². The summed E-state index contributed by atoms with van der Waals surface area (Å²) < 4.78 is 25.6. The molecule has 2 rings (SSSR count). The van der Waals surface area contributed by atoms with Crippen LogP contribution in [-0.4, -0.2) is 33.7 Å².